The topological polar surface area (TPSA) is 64.5 Å². The maximum atomic E-state index is 11.6. The van der Waals surface area contributed by atoms with E-state index in [0.717, 1.165) is 12.8 Å². The van der Waals surface area contributed by atoms with Gasteiger partial charge in [-0.2, -0.15) is 4.98 Å². The third-order valence-electron chi connectivity index (χ3n) is 2.68. The van der Waals surface area contributed by atoms with Crippen molar-refractivity contribution < 1.29 is 14.3 Å². The lowest BCUT2D eigenvalue weighted by Crippen LogP contribution is -2.34. The average molecular weight is 251 g/mol. The Balaban J connectivity index is 2.11. The van der Waals surface area contributed by atoms with Gasteiger partial charge < -0.3 is 14.4 Å². The van der Waals surface area contributed by atoms with Gasteiger partial charge in [-0.1, -0.05) is 0 Å². The predicted octanol–water partition coefficient (Wildman–Crippen LogP) is 1.02. The Bertz CT molecular complexity index is 421. The van der Waals surface area contributed by atoms with Gasteiger partial charge in [0.15, 0.2) is 0 Å². The number of carbonyl (C=O) groups is 1. The van der Waals surface area contributed by atoms with Crippen molar-refractivity contribution in [2.75, 3.05) is 25.2 Å². The highest BCUT2D eigenvalue weighted by Crippen LogP contribution is 2.30. The predicted molar refractivity (Wildman–Crippen MR) is 65.6 cm³/mol. The standard InChI is InChI=1S/C12H17N3O3/c1-3-18-11(16)8-15(9-4-5-9)12-13-7-6-10(14-12)17-2/h6-7,9H,3-5,8H2,1-2H3. The van der Waals surface area contributed by atoms with Gasteiger partial charge in [0.2, 0.25) is 11.8 Å². The molecule has 0 bridgehead atoms. The van der Waals surface area contributed by atoms with E-state index in [1.54, 1.807) is 26.3 Å². The minimum absolute atomic E-state index is 0.186. The van der Waals surface area contributed by atoms with Gasteiger partial charge >= 0.3 is 5.97 Å². The molecule has 2 rings (SSSR count). The van der Waals surface area contributed by atoms with Crippen molar-refractivity contribution in [1.29, 1.82) is 0 Å². The molecule has 18 heavy (non-hydrogen) atoms. The van der Waals surface area contributed by atoms with Gasteiger partial charge in [-0.15, -0.1) is 0 Å². The molecule has 6 nitrogen and oxygen atoms in total. The van der Waals surface area contributed by atoms with Crippen LogP contribution in [0.5, 0.6) is 5.88 Å². The molecule has 1 saturated carbocycles. The summed E-state index contributed by atoms with van der Waals surface area (Å²) in [6, 6.07) is 2.01. The Labute approximate surface area is 106 Å². The fourth-order valence-electron chi connectivity index (χ4n) is 1.68. The van der Waals surface area contributed by atoms with E-state index >= 15 is 0 Å². The van der Waals surface area contributed by atoms with Crippen molar-refractivity contribution in [1.82, 2.24) is 9.97 Å². The first-order valence-corrected chi connectivity index (χ1v) is 6.04. The number of carbonyl (C=O) groups excluding carboxylic acids is 1. The molecule has 0 aromatic carbocycles. The number of methoxy groups -OCH3 is 1. The summed E-state index contributed by atoms with van der Waals surface area (Å²) in [5.74, 6) is 0.759. The van der Waals surface area contributed by atoms with Crippen LogP contribution in [0, 0.1) is 0 Å². The van der Waals surface area contributed by atoms with Gasteiger partial charge in [-0.25, -0.2) is 4.98 Å². The van der Waals surface area contributed by atoms with Crippen LogP contribution in [0.3, 0.4) is 0 Å². The lowest BCUT2D eigenvalue weighted by atomic mass is 10.4. The maximum absolute atomic E-state index is 11.6. The molecule has 0 amide bonds. The van der Waals surface area contributed by atoms with Crippen molar-refractivity contribution in [3.05, 3.63) is 12.3 Å². The second kappa shape index (κ2) is 5.66. The van der Waals surface area contributed by atoms with Crippen LogP contribution in [0.25, 0.3) is 0 Å². The normalized spacial score (nSPS) is 14.1. The first-order valence-electron chi connectivity index (χ1n) is 6.04. The van der Waals surface area contributed by atoms with Crippen LogP contribution in [0.4, 0.5) is 5.95 Å². The quantitative estimate of drug-likeness (QED) is 0.703. The highest BCUT2D eigenvalue weighted by molar-refractivity contribution is 5.75. The largest absolute Gasteiger partial charge is 0.481 e. The van der Waals surface area contributed by atoms with Crippen molar-refractivity contribution in [3.8, 4) is 5.88 Å². The van der Waals surface area contributed by atoms with E-state index in [4.69, 9.17) is 9.47 Å². The molecule has 0 atom stereocenters. The SMILES string of the molecule is CCOC(=O)CN(c1nccc(OC)n1)C1CC1. The van der Waals surface area contributed by atoms with E-state index in [1.807, 2.05) is 4.90 Å². The zero-order valence-electron chi connectivity index (χ0n) is 10.6. The van der Waals surface area contributed by atoms with Crippen LogP contribution in [0.15, 0.2) is 12.3 Å². The van der Waals surface area contributed by atoms with Gasteiger partial charge in [-0.05, 0) is 19.8 Å². The smallest absolute Gasteiger partial charge is 0.325 e. The van der Waals surface area contributed by atoms with E-state index in [1.165, 1.54) is 0 Å². The number of aromatic nitrogens is 2. The Morgan fingerprint density at radius 2 is 2.33 bits per heavy atom. The van der Waals surface area contributed by atoms with Crippen LogP contribution < -0.4 is 9.64 Å². The minimum atomic E-state index is -0.254. The van der Waals surface area contributed by atoms with E-state index in [0.29, 0.717) is 24.5 Å². The summed E-state index contributed by atoms with van der Waals surface area (Å²) >= 11 is 0. The minimum Gasteiger partial charge on any atom is -0.481 e. The van der Waals surface area contributed by atoms with Crippen molar-refractivity contribution >= 4 is 11.9 Å². The molecule has 1 fully saturated rings. The first kappa shape index (κ1) is 12.6. The number of hydrogen-bond acceptors (Lipinski definition) is 6. The van der Waals surface area contributed by atoms with Crippen LogP contribution in [-0.4, -0.2) is 42.2 Å². The number of nitrogens with zero attached hydrogens (tertiary/aromatic N) is 3. The molecule has 1 aromatic rings. The lowest BCUT2D eigenvalue weighted by Gasteiger charge is -2.21. The number of rotatable bonds is 6. The summed E-state index contributed by atoms with van der Waals surface area (Å²) in [6.45, 7) is 2.36. The second-order valence-corrected chi connectivity index (χ2v) is 4.06. The van der Waals surface area contributed by atoms with E-state index in [-0.39, 0.29) is 12.5 Å². The van der Waals surface area contributed by atoms with E-state index < -0.39 is 0 Å². The van der Waals surface area contributed by atoms with Crippen LogP contribution in [-0.2, 0) is 9.53 Å². The molecule has 0 spiro atoms. The van der Waals surface area contributed by atoms with Crippen LogP contribution >= 0.6 is 0 Å². The molecule has 0 saturated heterocycles. The molecule has 6 heteroatoms. The molecule has 1 aromatic heterocycles. The molecule has 1 heterocycles. The monoisotopic (exact) mass is 251 g/mol. The van der Waals surface area contributed by atoms with Crippen molar-refractivity contribution in [3.63, 3.8) is 0 Å². The molecule has 98 valence electrons. The molecule has 1 aliphatic rings. The molecular formula is C12H17N3O3. The van der Waals surface area contributed by atoms with Crippen molar-refractivity contribution in [2.24, 2.45) is 0 Å². The second-order valence-electron chi connectivity index (χ2n) is 4.06. The molecule has 0 radical (unpaired) electrons. The van der Waals surface area contributed by atoms with Gasteiger partial charge in [-0.3, -0.25) is 4.79 Å². The number of anilines is 1. The van der Waals surface area contributed by atoms with Gasteiger partial charge in [0, 0.05) is 18.3 Å². The molecular weight excluding hydrogens is 234 g/mol. The third kappa shape index (κ3) is 3.09. The molecule has 0 aliphatic heterocycles. The Kier molecular flexibility index (Phi) is 3.96. The van der Waals surface area contributed by atoms with Gasteiger partial charge in [0.25, 0.3) is 0 Å². The van der Waals surface area contributed by atoms with Crippen LogP contribution in [0.1, 0.15) is 19.8 Å². The van der Waals surface area contributed by atoms with Gasteiger partial charge in [0.05, 0.1) is 13.7 Å². The Morgan fingerprint density at radius 3 is 2.94 bits per heavy atom. The average Bonchev–Trinajstić information content (AvgIpc) is 3.20. The fourth-order valence-corrected chi connectivity index (χ4v) is 1.68. The highest BCUT2D eigenvalue weighted by Gasteiger charge is 2.32. The summed E-state index contributed by atoms with van der Waals surface area (Å²) in [4.78, 5) is 21.9. The zero-order chi connectivity index (χ0) is 13.0. The molecule has 0 N–H and O–H groups in total. The zero-order valence-corrected chi connectivity index (χ0v) is 10.6. The fraction of sp³-hybridized carbons (Fsp3) is 0.583. The number of esters is 1. The highest BCUT2D eigenvalue weighted by atomic mass is 16.5. The Morgan fingerprint density at radius 1 is 1.56 bits per heavy atom. The Hall–Kier alpha value is -1.85. The van der Waals surface area contributed by atoms with Crippen LogP contribution in [0.2, 0.25) is 0 Å². The van der Waals surface area contributed by atoms with E-state index in [9.17, 15) is 4.79 Å². The van der Waals surface area contributed by atoms with Crippen molar-refractivity contribution in [2.45, 2.75) is 25.8 Å². The van der Waals surface area contributed by atoms with Gasteiger partial charge in [0.1, 0.15) is 6.54 Å². The maximum Gasteiger partial charge on any atom is 0.325 e. The number of ether oxygens (including phenoxy) is 2. The summed E-state index contributed by atoms with van der Waals surface area (Å²) in [6.07, 6.45) is 3.74. The summed E-state index contributed by atoms with van der Waals surface area (Å²) in [5.41, 5.74) is 0. The summed E-state index contributed by atoms with van der Waals surface area (Å²) in [5, 5.41) is 0. The summed E-state index contributed by atoms with van der Waals surface area (Å²) < 4.78 is 10.0. The number of hydrogen-bond donors (Lipinski definition) is 0. The lowest BCUT2D eigenvalue weighted by molar-refractivity contribution is -0.141. The first-order chi connectivity index (χ1) is 8.74. The third-order valence-corrected chi connectivity index (χ3v) is 2.68. The molecule has 1 aliphatic carbocycles. The van der Waals surface area contributed by atoms with E-state index in [2.05, 4.69) is 9.97 Å². The molecule has 0 unspecified atom stereocenters. The summed E-state index contributed by atoms with van der Waals surface area (Å²) in [7, 11) is 1.55.